The van der Waals surface area contributed by atoms with Gasteiger partial charge in [-0.3, -0.25) is 10.1 Å². The number of hydrogen-bond acceptors (Lipinski definition) is 6. The summed E-state index contributed by atoms with van der Waals surface area (Å²) in [6.07, 6.45) is -4.86. The Labute approximate surface area is 181 Å². The zero-order chi connectivity index (χ0) is 23.8. The number of hydrogen-bond donors (Lipinski definition) is 0. The molecule has 1 heterocycles. The molecule has 0 aliphatic carbocycles. The number of imidazole rings is 1. The van der Waals surface area contributed by atoms with E-state index in [1.807, 2.05) is 0 Å². The molecule has 0 atom stereocenters. The van der Waals surface area contributed by atoms with Gasteiger partial charge in [-0.25, -0.2) is 17.7 Å². The minimum atomic E-state index is -4.86. The molecule has 0 N–H and O–H groups in total. The van der Waals surface area contributed by atoms with Crippen LogP contribution in [0.2, 0.25) is 0 Å². The van der Waals surface area contributed by atoms with Gasteiger partial charge in [0.1, 0.15) is 23.7 Å². The second-order valence-corrected chi connectivity index (χ2v) is 9.09. The van der Waals surface area contributed by atoms with E-state index in [4.69, 9.17) is 4.74 Å². The second kappa shape index (κ2) is 8.39. The number of benzene rings is 2. The summed E-state index contributed by atoms with van der Waals surface area (Å²) < 4.78 is 72.9. The summed E-state index contributed by atoms with van der Waals surface area (Å²) in [5.74, 6) is -0.304. The number of sulfonamides is 1. The van der Waals surface area contributed by atoms with E-state index < -0.39 is 38.1 Å². The lowest BCUT2D eigenvalue weighted by molar-refractivity contribution is -0.385. The van der Waals surface area contributed by atoms with Gasteiger partial charge >= 0.3 is 6.18 Å². The van der Waals surface area contributed by atoms with Crippen molar-refractivity contribution in [3.63, 3.8) is 0 Å². The normalized spacial score (nSPS) is 12.5. The molecular formula is C19H19F3N4O5S. The molecule has 1 aromatic heterocycles. The highest BCUT2D eigenvalue weighted by atomic mass is 32.2. The summed E-state index contributed by atoms with van der Waals surface area (Å²) in [5, 5.41) is 10.8. The van der Waals surface area contributed by atoms with E-state index in [0.717, 1.165) is 16.4 Å². The molecule has 2 aromatic carbocycles. The highest BCUT2D eigenvalue weighted by Crippen LogP contribution is 2.38. The van der Waals surface area contributed by atoms with Crippen molar-refractivity contribution in [2.75, 3.05) is 14.1 Å². The molecule has 3 rings (SSSR count). The van der Waals surface area contributed by atoms with E-state index in [1.165, 1.54) is 26.2 Å². The quantitative estimate of drug-likeness (QED) is 0.382. The molecule has 0 amide bonds. The summed E-state index contributed by atoms with van der Waals surface area (Å²) in [7, 11) is -0.905. The van der Waals surface area contributed by atoms with Crippen LogP contribution < -0.4 is 4.74 Å². The molecule has 13 heteroatoms. The third-order valence-corrected chi connectivity index (χ3v) is 6.54. The topological polar surface area (TPSA) is 108 Å². The first kappa shape index (κ1) is 23.5. The van der Waals surface area contributed by atoms with Crippen LogP contribution in [0.5, 0.6) is 5.75 Å². The molecule has 172 valence electrons. The minimum absolute atomic E-state index is 0.0259. The number of alkyl halides is 3. The van der Waals surface area contributed by atoms with Crippen LogP contribution in [0.4, 0.5) is 18.9 Å². The molecule has 0 aliphatic rings. The lowest BCUT2D eigenvalue weighted by atomic mass is 10.1. The maximum Gasteiger partial charge on any atom is 0.420 e. The summed E-state index contributed by atoms with van der Waals surface area (Å²) in [4.78, 5) is 14.3. The lowest BCUT2D eigenvalue weighted by Gasteiger charge is -2.14. The SMILES string of the molecule is CCn1c(COc2ccc([N+](=O)[O-])cc2C(F)(F)F)nc2cc(S(=O)(=O)N(C)C)ccc21. The number of aryl methyl sites for hydroxylation is 1. The number of fused-ring (bicyclic) bond motifs is 1. The van der Waals surface area contributed by atoms with Crippen molar-refractivity contribution in [1.82, 2.24) is 13.9 Å². The predicted molar refractivity (Wildman–Crippen MR) is 109 cm³/mol. The number of nitro benzene ring substituents is 1. The second-order valence-electron chi connectivity index (χ2n) is 6.93. The van der Waals surface area contributed by atoms with Crippen LogP contribution >= 0.6 is 0 Å². The van der Waals surface area contributed by atoms with Crippen molar-refractivity contribution in [1.29, 1.82) is 0 Å². The monoisotopic (exact) mass is 472 g/mol. The van der Waals surface area contributed by atoms with Crippen molar-refractivity contribution in [2.24, 2.45) is 0 Å². The molecule has 0 unspecified atom stereocenters. The van der Waals surface area contributed by atoms with Gasteiger partial charge in [-0.05, 0) is 31.2 Å². The van der Waals surface area contributed by atoms with Gasteiger partial charge in [0, 0.05) is 32.8 Å². The lowest BCUT2D eigenvalue weighted by Crippen LogP contribution is -2.22. The van der Waals surface area contributed by atoms with Gasteiger partial charge in [0.2, 0.25) is 10.0 Å². The van der Waals surface area contributed by atoms with Crippen LogP contribution in [-0.2, 0) is 29.4 Å². The van der Waals surface area contributed by atoms with E-state index in [1.54, 1.807) is 17.6 Å². The molecular weight excluding hydrogens is 453 g/mol. The Morgan fingerprint density at radius 1 is 1.19 bits per heavy atom. The van der Waals surface area contributed by atoms with E-state index in [9.17, 15) is 31.7 Å². The van der Waals surface area contributed by atoms with Crippen LogP contribution in [0.1, 0.15) is 18.3 Å². The Morgan fingerprint density at radius 3 is 2.44 bits per heavy atom. The Bertz CT molecular complexity index is 1290. The first-order chi connectivity index (χ1) is 14.9. The van der Waals surface area contributed by atoms with E-state index >= 15 is 0 Å². The number of nitrogens with zero attached hydrogens (tertiary/aromatic N) is 4. The molecule has 3 aromatic rings. The number of halogens is 3. The first-order valence-electron chi connectivity index (χ1n) is 9.26. The van der Waals surface area contributed by atoms with E-state index in [2.05, 4.69) is 4.98 Å². The van der Waals surface area contributed by atoms with Gasteiger partial charge < -0.3 is 9.30 Å². The number of rotatable bonds is 7. The number of aromatic nitrogens is 2. The molecule has 0 aliphatic heterocycles. The largest absolute Gasteiger partial charge is 0.485 e. The number of non-ortho nitro benzene ring substituents is 1. The minimum Gasteiger partial charge on any atom is -0.485 e. The molecule has 32 heavy (non-hydrogen) atoms. The average molecular weight is 472 g/mol. The molecule has 0 saturated heterocycles. The van der Waals surface area contributed by atoms with Crippen LogP contribution in [-0.4, -0.2) is 41.3 Å². The molecule has 0 radical (unpaired) electrons. The summed E-state index contributed by atoms with van der Waals surface area (Å²) in [5.41, 5.74) is -1.05. The van der Waals surface area contributed by atoms with Crippen molar-refractivity contribution in [3.8, 4) is 5.75 Å². The Morgan fingerprint density at radius 2 is 1.88 bits per heavy atom. The highest BCUT2D eigenvalue weighted by Gasteiger charge is 2.36. The standard InChI is InChI=1S/C19H19F3N4O5S/c1-4-25-16-7-6-13(32(29,30)24(2)3)10-15(16)23-18(25)11-31-17-8-5-12(26(27)28)9-14(17)19(20,21)22/h5-10H,4,11H2,1-3H3. The van der Waals surface area contributed by atoms with Gasteiger partial charge in [0.05, 0.1) is 20.9 Å². The number of ether oxygens (including phenoxy) is 1. The summed E-state index contributed by atoms with van der Waals surface area (Å²) in [6.45, 7) is 1.84. The maximum atomic E-state index is 13.4. The van der Waals surface area contributed by atoms with Gasteiger partial charge in [0.15, 0.2) is 0 Å². The maximum absolute atomic E-state index is 13.4. The fraction of sp³-hybridized carbons (Fsp3) is 0.316. The number of nitro groups is 1. The molecule has 0 saturated carbocycles. The third-order valence-electron chi connectivity index (χ3n) is 4.73. The zero-order valence-electron chi connectivity index (χ0n) is 17.3. The average Bonchev–Trinajstić information content (AvgIpc) is 3.07. The first-order valence-corrected chi connectivity index (χ1v) is 10.7. The van der Waals surface area contributed by atoms with Gasteiger partial charge in [-0.1, -0.05) is 0 Å². The van der Waals surface area contributed by atoms with Crippen molar-refractivity contribution >= 4 is 26.7 Å². The van der Waals surface area contributed by atoms with E-state index in [-0.39, 0.29) is 17.3 Å². The Balaban J connectivity index is 1.99. The summed E-state index contributed by atoms with van der Waals surface area (Å²) >= 11 is 0. The Hall–Kier alpha value is -3.19. The van der Waals surface area contributed by atoms with Gasteiger partial charge in [-0.15, -0.1) is 0 Å². The zero-order valence-corrected chi connectivity index (χ0v) is 18.1. The van der Waals surface area contributed by atoms with E-state index in [0.29, 0.717) is 23.6 Å². The smallest absolute Gasteiger partial charge is 0.420 e. The van der Waals surface area contributed by atoms with Crippen LogP contribution in [0.25, 0.3) is 11.0 Å². The van der Waals surface area contributed by atoms with Crippen LogP contribution in [0.15, 0.2) is 41.3 Å². The fourth-order valence-electron chi connectivity index (χ4n) is 3.12. The van der Waals surface area contributed by atoms with Gasteiger partial charge in [0.25, 0.3) is 5.69 Å². The molecule has 9 nitrogen and oxygen atoms in total. The third kappa shape index (κ3) is 4.39. The van der Waals surface area contributed by atoms with Crippen molar-refractivity contribution in [3.05, 3.63) is 57.9 Å². The van der Waals surface area contributed by atoms with Gasteiger partial charge in [-0.2, -0.15) is 13.2 Å². The van der Waals surface area contributed by atoms with Crippen LogP contribution in [0.3, 0.4) is 0 Å². The van der Waals surface area contributed by atoms with Crippen molar-refractivity contribution in [2.45, 2.75) is 31.1 Å². The highest BCUT2D eigenvalue weighted by molar-refractivity contribution is 7.89. The fourth-order valence-corrected chi connectivity index (χ4v) is 4.04. The summed E-state index contributed by atoms with van der Waals surface area (Å²) in [6, 6.07) is 6.60. The molecule has 0 fully saturated rings. The van der Waals surface area contributed by atoms with Crippen LogP contribution in [0, 0.1) is 10.1 Å². The molecule has 0 bridgehead atoms. The Kier molecular flexibility index (Phi) is 6.15. The predicted octanol–water partition coefficient (Wildman–Crippen LogP) is 3.81. The molecule has 0 spiro atoms. The van der Waals surface area contributed by atoms with Crippen molar-refractivity contribution < 1.29 is 31.2 Å².